The molecule has 5 rings (SSSR count). The Hall–Kier alpha value is -4.40. The van der Waals surface area contributed by atoms with E-state index in [1.54, 1.807) is 18.7 Å². The third-order valence-corrected chi connectivity index (χ3v) is 6.00. The predicted octanol–water partition coefficient (Wildman–Crippen LogP) is 5.92. The fraction of sp³-hybridized carbons (Fsp3) is 0.259. The summed E-state index contributed by atoms with van der Waals surface area (Å²) in [5.41, 5.74) is 4.42. The Bertz CT molecular complexity index is 1580. The molecule has 36 heavy (non-hydrogen) atoms. The van der Waals surface area contributed by atoms with Gasteiger partial charge in [-0.1, -0.05) is 32.0 Å². The summed E-state index contributed by atoms with van der Waals surface area (Å²) in [7, 11) is 1.61. The van der Waals surface area contributed by atoms with Gasteiger partial charge in [-0.25, -0.2) is 9.78 Å². The largest absolute Gasteiger partial charge is 0.494 e. The summed E-state index contributed by atoms with van der Waals surface area (Å²) in [6.07, 6.45) is 1.45. The van der Waals surface area contributed by atoms with Crippen LogP contribution in [0.4, 0.5) is 11.8 Å². The lowest BCUT2D eigenvalue weighted by Gasteiger charge is -2.12. The molecule has 0 unspecified atom stereocenters. The van der Waals surface area contributed by atoms with E-state index >= 15 is 0 Å². The van der Waals surface area contributed by atoms with Gasteiger partial charge in [-0.2, -0.15) is 14.8 Å². The summed E-state index contributed by atoms with van der Waals surface area (Å²) >= 11 is 0. The maximum Gasteiger partial charge on any atom is 0.343 e. The highest BCUT2D eigenvalue weighted by Gasteiger charge is 2.23. The average Bonchev–Trinajstić information content (AvgIpc) is 3.47. The minimum absolute atomic E-state index is 0.230. The first-order chi connectivity index (χ1) is 17.4. The maximum absolute atomic E-state index is 12.8. The molecule has 0 spiro atoms. The highest BCUT2D eigenvalue weighted by Crippen LogP contribution is 2.31. The van der Waals surface area contributed by atoms with Gasteiger partial charge in [0.05, 0.1) is 19.9 Å². The molecule has 0 radical (unpaired) electrons. The van der Waals surface area contributed by atoms with E-state index in [0.717, 1.165) is 22.0 Å². The zero-order chi connectivity index (χ0) is 25.4. The van der Waals surface area contributed by atoms with Crippen molar-refractivity contribution in [2.45, 2.75) is 33.6 Å². The van der Waals surface area contributed by atoms with Gasteiger partial charge in [0.25, 0.3) is 0 Å². The van der Waals surface area contributed by atoms with Crippen LogP contribution in [0.3, 0.4) is 0 Å². The van der Waals surface area contributed by atoms with Gasteiger partial charge in [0, 0.05) is 5.39 Å². The summed E-state index contributed by atoms with van der Waals surface area (Å²) < 4.78 is 18.3. The number of carbonyl (C=O) groups is 1. The van der Waals surface area contributed by atoms with Gasteiger partial charge in [0.15, 0.2) is 17.2 Å². The lowest BCUT2D eigenvalue weighted by atomic mass is 10.0. The van der Waals surface area contributed by atoms with E-state index in [9.17, 15) is 4.79 Å². The number of hydrogen-bond acceptors (Lipinski definition) is 8. The Kier molecular flexibility index (Phi) is 6.05. The number of nitrogens with zero attached hydrogens (tertiary/aromatic N) is 4. The van der Waals surface area contributed by atoms with Gasteiger partial charge in [-0.3, -0.25) is 5.32 Å². The van der Waals surface area contributed by atoms with Crippen LogP contribution in [-0.4, -0.2) is 39.4 Å². The molecule has 0 aliphatic carbocycles. The van der Waals surface area contributed by atoms with Crippen molar-refractivity contribution in [3.05, 3.63) is 65.4 Å². The monoisotopic (exact) mass is 485 g/mol. The number of anilines is 2. The van der Waals surface area contributed by atoms with E-state index in [2.05, 4.69) is 29.2 Å². The Labute approximate surface area is 208 Å². The van der Waals surface area contributed by atoms with Crippen LogP contribution in [-0.2, 0) is 4.74 Å². The molecular weight excluding hydrogens is 458 g/mol. The second kappa shape index (κ2) is 9.33. The maximum atomic E-state index is 12.8. The Balaban J connectivity index is 1.64. The number of pyridine rings is 1. The molecular formula is C27H27N5O4. The smallest absolute Gasteiger partial charge is 0.343 e. The molecule has 184 valence electrons. The average molecular weight is 486 g/mol. The second-order valence-corrected chi connectivity index (χ2v) is 8.72. The van der Waals surface area contributed by atoms with Crippen LogP contribution >= 0.6 is 0 Å². The van der Waals surface area contributed by atoms with Crippen LogP contribution in [0.5, 0.6) is 5.75 Å². The topological polar surface area (TPSA) is 104 Å². The molecule has 0 saturated carbocycles. The Morgan fingerprint density at radius 3 is 2.75 bits per heavy atom. The predicted molar refractivity (Wildman–Crippen MR) is 137 cm³/mol. The zero-order valence-electron chi connectivity index (χ0n) is 20.8. The number of fused-ring (bicyclic) bond motifs is 2. The first-order valence-corrected chi connectivity index (χ1v) is 11.8. The van der Waals surface area contributed by atoms with Crippen molar-refractivity contribution in [2.75, 3.05) is 19.0 Å². The molecule has 0 amide bonds. The molecule has 0 fully saturated rings. The normalized spacial score (nSPS) is 11.4. The summed E-state index contributed by atoms with van der Waals surface area (Å²) in [4.78, 5) is 22.2. The molecule has 0 bridgehead atoms. The number of hydrogen-bond donors (Lipinski definition) is 1. The number of para-hydroxylation sites is 1. The highest BCUT2D eigenvalue weighted by molar-refractivity contribution is 5.96. The minimum atomic E-state index is -0.514. The number of methoxy groups -OCH3 is 1. The van der Waals surface area contributed by atoms with Crippen LogP contribution in [0.2, 0.25) is 0 Å². The van der Waals surface area contributed by atoms with Gasteiger partial charge < -0.3 is 13.9 Å². The number of aromatic nitrogens is 4. The third kappa shape index (κ3) is 4.13. The highest BCUT2D eigenvalue weighted by atomic mass is 16.5. The molecule has 2 aromatic carbocycles. The number of esters is 1. The number of nitrogens with one attached hydrogen (secondary N) is 1. The van der Waals surface area contributed by atoms with Gasteiger partial charge >= 0.3 is 12.0 Å². The first kappa shape index (κ1) is 23.3. The standard InChI is InChI=1S/C27H27N5O4/c1-6-35-26(33)19-14-28-32(23-12-16(4)18-8-7-9-22(34-5)24(18)30-23)25(19)31-27-29-20-13-17(15(2)3)10-11-21(20)36-27/h7-15H,6H2,1-5H3,(H,29,31). The summed E-state index contributed by atoms with van der Waals surface area (Å²) in [6, 6.07) is 13.8. The Morgan fingerprint density at radius 1 is 1.17 bits per heavy atom. The van der Waals surface area contributed by atoms with Crippen LogP contribution in [0, 0.1) is 6.92 Å². The Morgan fingerprint density at radius 2 is 2.00 bits per heavy atom. The molecule has 0 aliphatic rings. The van der Waals surface area contributed by atoms with E-state index in [1.165, 1.54) is 6.20 Å². The lowest BCUT2D eigenvalue weighted by molar-refractivity contribution is 0.0527. The molecule has 0 saturated heterocycles. The number of rotatable bonds is 7. The SMILES string of the molecule is CCOC(=O)c1cnn(-c2cc(C)c3cccc(OC)c3n2)c1Nc1nc2cc(C(C)C)ccc2o1. The molecule has 5 aromatic rings. The summed E-state index contributed by atoms with van der Waals surface area (Å²) in [5.74, 6) is 1.33. The number of oxazole rings is 1. The van der Waals surface area contributed by atoms with Crippen LogP contribution in [0.1, 0.15) is 48.2 Å². The third-order valence-electron chi connectivity index (χ3n) is 6.00. The van der Waals surface area contributed by atoms with Crippen molar-refractivity contribution >= 4 is 39.8 Å². The summed E-state index contributed by atoms with van der Waals surface area (Å²) in [6.45, 7) is 8.22. The van der Waals surface area contributed by atoms with Gasteiger partial charge in [0.2, 0.25) is 0 Å². The first-order valence-electron chi connectivity index (χ1n) is 11.8. The van der Waals surface area contributed by atoms with Crippen molar-refractivity contribution < 1.29 is 18.7 Å². The van der Waals surface area contributed by atoms with E-state index < -0.39 is 5.97 Å². The van der Waals surface area contributed by atoms with Crippen LogP contribution < -0.4 is 10.1 Å². The van der Waals surface area contributed by atoms with Crippen LogP contribution in [0.25, 0.3) is 27.8 Å². The van der Waals surface area contributed by atoms with E-state index in [1.807, 2.05) is 49.4 Å². The molecule has 9 nitrogen and oxygen atoms in total. The van der Waals surface area contributed by atoms with Gasteiger partial charge in [-0.05, 0) is 55.2 Å². The van der Waals surface area contributed by atoms with Crippen molar-refractivity contribution in [1.82, 2.24) is 19.7 Å². The molecule has 0 atom stereocenters. The minimum Gasteiger partial charge on any atom is -0.494 e. The van der Waals surface area contributed by atoms with Crippen molar-refractivity contribution in [3.8, 4) is 11.6 Å². The quantitative estimate of drug-likeness (QED) is 0.283. The number of carbonyl (C=O) groups excluding carboxylic acids is 1. The molecule has 3 aromatic heterocycles. The summed E-state index contributed by atoms with van der Waals surface area (Å²) in [5, 5.41) is 8.57. The van der Waals surface area contributed by atoms with Crippen molar-refractivity contribution in [2.24, 2.45) is 0 Å². The lowest BCUT2D eigenvalue weighted by Crippen LogP contribution is -2.10. The molecule has 9 heteroatoms. The van der Waals surface area contributed by atoms with E-state index in [-0.39, 0.29) is 18.2 Å². The molecule has 0 aliphatic heterocycles. The van der Waals surface area contributed by atoms with Gasteiger partial charge in [0.1, 0.15) is 22.3 Å². The number of ether oxygens (including phenoxy) is 2. The second-order valence-electron chi connectivity index (χ2n) is 8.72. The fourth-order valence-corrected chi connectivity index (χ4v) is 4.11. The number of benzene rings is 2. The molecule has 1 N–H and O–H groups in total. The van der Waals surface area contributed by atoms with Gasteiger partial charge in [-0.15, -0.1) is 0 Å². The zero-order valence-corrected chi connectivity index (χ0v) is 20.8. The van der Waals surface area contributed by atoms with E-state index in [0.29, 0.717) is 34.4 Å². The number of aryl methyl sites for hydroxylation is 1. The fourth-order valence-electron chi connectivity index (χ4n) is 4.11. The molecule has 3 heterocycles. The van der Waals surface area contributed by atoms with Crippen molar-refractivity contribution in [1.29, 1.82) is 0 Å². The van der Waals surface area contributed by atoms with Crippen molar-refractivity contribution in [3.63, 3.8) is 0 Å². The van der Waals surface area contributed by atoms with Crippen LogP contribution in [0.15, 0.2) is 53.1 Å². The van der Waals surface area contributed by atoms with E-state index in [4.69, 9.17) is 18.9 Å².